The van der Waals surface area contributed by atoms with E-state index in [4.69, 9.17) is 5.11 Å². The van der Waals surface area contributed by atoms with Crippen LogP contribution < -0.4 is 6.15 Å². The molecule has 0 bridgehead atoms. The zero-order chi connectivity index (χ0) is 3.41. The van der Waals surface area contributed by atoms with E-state index in [1.807, 2.05) is 0 Å². The molecule has 0 aliphatic carbocycles. The van der Waals surface area contributed by atoms with E-state index in [1.54, 1.807) is 0 Å². The molecule has 0 aliphatic heterocycles. The normalized spacial score (nSPS) is 5.00. The second-order valence-corrected chi connectivity index (χ2v) is 0.577. The van der Waals surface area contributed by atoms with Crippen LogP contribution in [0.2, 0.25) is 0 Å². The molecule has 0 saturated heterocycles. The largest absolute Gasteiger partial charge is 0.396 e. The Morgan fingerprint density at radius 3 is 1.67 bits per heavy atom. The Labute approximate surface area is 44.6 Å². The molecule has 4 N–H and O–H groups in total. The Kier molecular flexibility index (Phi) is 51.5. The standard InChI is InChI=1S/C3H7O.ClH.H3N/c1-2-3-4;;/h4H,1-3H2;1H;1H3. The first-order valence-electron chi connectivity index (χ1n) is 1.32. The van der Waals surface area contributed by atoms with E-state index in [9.17, 15) is 0 Å². The van der Waals surface area contributed by atoms with Crippen LogP contribution in [0.5, 0.6) is 0 Å². The molecule has 0 unspecified atom stereocenters. The Morgan fingerprint density at radius 2 is 1.67 bits per heavy atom. The van der Waals surface area contributed by atoms with Crippen LogP contribution in [0, 0.1) is 6.92 Å². The number of hydrogen-bond donors (Lipinski definition) is 2. The van der Waals surface area contributed by atoms with Crippen molar-refractivity contribution in [3.8, 4) is 0 Å². The predicted molar refractivity (Wildman–Crippen MR) is 29.3 cm³/mol. The van der Waals surface area contributed by atoms with Crippen LogP contribution in [0.1, 0.15) is 6.42 Å². The third kappa shape index (κ3) is 29.6. The molecule has 0 aromatic rings. The van der Waals surface area contributed by atoms with Gasteiger partial charge in [0.2, 0.25) is 0 Å². The molecule has 0 atom stereocenters. The minimum atomic E-state index is 0. The summed E-state index contributed by atoms with van der Waals surface area (Å²) >= 11 is 0. The molecule has 6 heavy (non-hydrogen) atoms. The summed E-state index contributed by atoms with van der Waals surface area (Å²) < 4.78 is 0. The summed E-state index contributed by atoms with van der Waals surface area (Å²) in [5.41, 5.74) is 0. The molecule has 0 heterocycles. The number of aliphatic hydroxyl groups is 1. The minimum absolute atomic E-state index is 0. The van der Waals surface area contributed by atoms with Crippen molar-refractivity contribution in [3.63, 3.8) is 0 Å². The lowest BCUT2D eigenvalue weighted by atomic mass is 10.5. The third-order valence-electron chi connectivity index (χ3n) is 0.158. The fourth-order valence-corrected chi connectivity index (χ4v) is 0. The fourth-order valence-electron chi connectivity index (χ4n) is 0. The zero-order valence-electron chi connectivity index (χ0n) is 3.68. The van der Waals surface area contributed by atoms with E-state index < -0.39 is 0 Å². The molecule has 0 aromatic carbocycles. The van der Waals surface area contributed by atoms with Gasteiger partial charge in [0.15, 0.2) is 0 Å². The molecule has 2 nitrogen and oxygen atoms in total. The Hall–Kier alpha value is 0.210. The molecule has 41 valence electrons. The van der Waals surface area contributed by atoms with Crippen molar-refractivity contribution in [2.24, 2.45) is 0 Å². The molecule has 0 aromatic heterocycles. The van der Waals surface area contributed by atoms with Crippen LogP contribution in [0.3, 0.4) is 0 Å². The average Bonchev–Trinajstić information content (AvgIpc) is 1.37. The van der Waals surface area contributed by atoms with E-state index >= 15 is 0 Å². The number of rotatable bonds is 1. The van der Waals surface area contributed by atoms with Crippen molar-refractivity contribution in [2.75, 3.05) is 6.61 Å². The van der Waals surface area contributed by atoms with Crippen LogP contribution in [0.4, 0.5) is 0 Å². The fraction of sp³-hybridized carbons (Fsp3) is 0.667. The molecule has 0 aliphatic rings. The molecule has 0 spiro atoms. The van der Waals surface area contributed by atoms with Gasteiger partial charge in [0.25, 0.3) is 0 Å². The van der Waals surface area contributed by atoms with E-state index in [0.717, 1.165) is 0 Å². The first-order chi connectivity index (χ1) is 1.91. The summed E-state index contributed by atoms with van der Waals surface area (Å²) in [5, 5.41) is 7.81. The maximum absolute atomic E-state index is 7.81. The van der Waals surface area contributed by atoms with Crippen LogP contribution in [-0.4, -0.2) is 11.7 Å². The first-order valence-corrected chi connectivity index (χ1v) is 1.32. The predicted octanol–water partition coefficient (Wildman–Crippen LogP) is 0.787. The zero-order valence-corrected chi connectivity index (χ0v) is 4.50. The van der Waals surface area contributed by atoms with E-state index in [2.05, 4.69) is 6.92 Å². The van der Waals surface area contributed by atoms with Gasteiger partial charge in [-0.05, 0) is 6.42 Å². The molecular formula is C3H11ClNO. The van der Waals surface area contributed by atoms with Gasteiger partial charge in [-0.3, -0.25) is 0 Å². The highest BCUT2D eigenvalue weighted by molar-refractivity contribution is 5.85. The molecular weight excluding hydrogens is 101 g/mol. The Morgan fingerprint density at radius 1 is 1.50 bits per heavy atom. The van der Waals surface area contributed by atoms with E-state index in [-0.39, 0.29) is 25.2 Å². The maximum atomic E-state index is 7.81. The molecule has 0 rings (SSSR count). The summed E-state index contributed by atoms with van der Waals surface area (Å²) in [6.45, 7) is 3.56. The molecule has 0 fully saturated rings. The molecule has 3 heteroatoms. The first kappa shape index (κ1) is 16.4. The van der Waals surface area contributed by atoms with Crippen LogP contribution >= 0.6 is 12.4 Å². The van der Waals surface area contributed by atoms with Crippen molar-refractivity contribution in [1.82, 2.24) is 6.15 Å². The van der Waals surface area contributed by atoms with E-state index in [0.29, 0.717) is 6.42 Å². The van der Waals surface area contributed by atoms with Gasteiger partial charge in [-0.15, -0.1) is 12.4 Å². The van der Waals surface area contributed by atoms with Gasteiger partial charge in [0, 0.05) is 6.61 Å². The summed E-state index contributed by atoms with van der Waals surface area (Å²) in [6.07, 6.45) is 0.625. The topological polar surface area (TPSA) is 55.2 Å². The van der Waals surface area contributed by atoms with Crippen molar-refractivity contribution >= 4 is 12.4 Å². The summed E-state index contributed by atoms with van der Waals surface area (Å²) in [4.78, 5) is 0. The van der Waals surface area contributed by atoms with Gasteiger partial charge < -0.3 is 11.3 Å². The molecule has 0 saturated carbocycles. The van der Waals surface area contributed by atoms with Gasteiger partial charge in [-0.1, -0.05) is 6.92 Å². The van der Waals surface area contributed by atoms with Gasteiger partial charge in [0.05, 0.1) is 0 Å². The Bertz CT molecular complexity index is 12.8. The highest BCUT2D eigenvalue weighted by atomic mass is 35.5. The van der Waals surface area contributed by atoms with Gasteiger partial charge in [-0.25, -0.2) is 0 Å². The van der Waals surface area contributed by atoms with Gasteiger partial charge >= 0.3 is 0 Å². The lowest BCUT2D eigenvalue weighted by Gasteiger charge is -1.69. The summed E-state index contributed by atoms with van der Waals surface area (Å²) in [7, 11) is 0. The number of aliphatic hydroxyl groups excluding tert-OH is 1. The number of hydrogen-bond acceptors (Lipinski definition) is 2. The van der Waals surface area contributed by atoms with Gasteiger partial charge in [0.1, 0.15) is 0 Å². The lowest BCUT2D eigenvalue weighted by molar-refractivity contribution is 0.302. The molecule has 0 amide bonds. The average molecular weight is 113 g/mol. The van der Waals surface area contributed by atoms with Crippen molar-refractivity contribution in [2.45, 2.75) is 6.42 Å². The number of halogens is 1. The lowest BCUT2D eigenvalue weighted by Crippen LogP contribution is -1.70. The summed E-state index contributed by atoms with van der Waals surface area (Å²) in [5.74, 6) is 0. The molecule has 1 radical (unpaired) electrons. The third-order valence-corrected chi connectivity index (χ3v) is 0.158. The summed E-state index contributed by atoms with van der Waals surface area (Å²) in [6, 6.07) is 0. The van der Waals surface area contributed by atoms with E-state index in [1.165, 1.54) is 0 Å². The SMILES string of the molecule is Cl.N.[CH2]CCO. The van der Waals surface area contributed by atoms with Crippen molar-refractivity contribution < 1.29 is 5.11 Å². The van der Waals surface area contributed by atoms with Crippen molar-refractivity contribution in [1.29, 1.82) is 0 Å². The van der Waals surface area contributed by atoms with Crippen LogP contribution in [-0.2, 0) is 0 Å². The van der Waals surface area contributed by atoms with Gasteiger partial charge in [-0.2, -0.15) is 0 Å². The Balaban J connectivity index is -0.0000000450. The monoisotopic (exact) mass is 112 g/mol. The van der Waals surface area contributed by atoms with Crippen LogP contribution in [0.25, 0.3) is 0 Å². The smallest absolute Gasteiger partial charge is 0.0431 e. The highest BCUT2D eigenvalue weighted by Gasteiger charge is 1.57. The quantitative estimate of drug-likeness (QED) is 0.527. The second-order valence-electron chi connectivity index (χ2n) is 0.577. The van der Waals surface area contributed by atoms with Crippen molar-refractivity contribution in [3.05, 3.63) is 6.92 Å². The minimum Gasteiger partial charge on any atom is -0.396 e. The highest BCUT2D eigenvalue weighted by Crippen LogP contribution is 1.60. The second kappa shape index (κ2) is 18.9. The van der Waals surface area contributed by atoms with Crippen LogP contribution in [0.15, 0.2) is 0 Å². The maximum Gasteiger partial charge on any atom is 0.0431 e.